The highest BCUT2D eigenvalue weighted by molar-refractivity contribution is 5.94. The molecule has 0 radical (unpaired) electrons. The molecule has 0 bridgehead atoms. The predicted octanol–water partition coefficient (Wildman–Crippen LogP) is 5.29. The summed E-state index contributed by atoms with van der Waals surface area (Å²) in [6.45, 7) is 6.71. The molecule has 0 aliphatic rings. The Morgan fingerprint density at radius 1 is 0.694 bits per heavy atom. The van der Waals surface area contributed by atoms with Gasteiger partial charge < -0.3 is 35.8 Å². The summed E-state index contributed by atoms with van der Waals surface area (Å²) in [5.41, 5.74) is 3.04. The van der Waals surface area contributed by atoms with Crippen molar-refractivity contribution in [3.8, 4) is 0 Å². The van der Waals surface area contributed by atoms with Crippen LogP contribution >= 0.6 is 0 Å². The molecule has 49 heavy (non-hydrogen) atoms. The first kappa shape index (κ1) is 36.8. The standard InChI is InChI=1S/C37H47N7O5/c1-3-27(2)32(34(46)47)41-37-43-35(39-20-19-31(28-13-7-4-8-14-28)29-15-9-5-10-16-29)42-36(44-37)40-22-24-49-26-25-48-23-21-38-33(45)30-17-11-6-12-18-30/h4-18,27,31-32H,3,19-26H2,1-2H3,(H,38,45)(H,46,47)(H3,39,40,41,42,43,44)/t27-,32-/m0/s1. The van der Waals surface area contributed by atoms with Gasteiger partial charge >= 0.3 is 5.97 Å². The SMILES string of the molecule is CC[C@H](C)[C@H](Nc1nc(NCCOCCOCCNC(=O)c2ccccc2)nc(NCCC(c2ccccc2)c2ccccc2)n1)C(=O)O. The average molecular weight is 670 g/mol. The summed E-state index contributed by atoms with van der Waals surface area (Å²) in [5.74, 6) is -0.279. The Kier molecular flexibility index (Phi) is 15.3. The van der Waals surface area contributed by atoms with Gasteiger partial charge in [0.1, 0.15) is 6.04 Å². The first-order valence-electron chi connectivity index (χ1n) is 16.8. The Morgan fingerprint density at radius 3 is 1.76 bits per heavy atom. The third-order valence-electron chi connectivity index (χ3n) is 7.99. The number of amides is 1. The maximum Gasteiger partial charge on any atom is 0.326 e. The molecule has 5 N–H and O–H groups in total. The van der Waals surface area contributed by atoms with Gasteiger partial charge in [-0.1, -0.05) is 99.1 Å². The molecule has 0 aliphatic carbocycles. The number of anilines is 3. The van der Waals surface area contributed by atoms with Crippen LogP contribution in [-0.2, 0) is 14.3 Å². The number of carboxylic acids is 1. The van der Waals surface area contributed by atoms with E-state index >= 15 is 0 Å². The van der Waals surface area contributed by atoms with Crippen molar-refractivity contribution >= 4 is 29.7 Å². The highest BCUT2D eigenvalue weighted by Crippen LogP contribution is 2.28. The van der Waals surface area contributed by atoms with Crippen LogP contribution in [0.5, 0.6) is 0 Å². The third-order valence-corrected chi connectivity index (χ3v) is 7.99. The number of carbonyl (C=O) groups excluding carboxylic acids is 1. The minimum Gasteiger partial charge on any atom is -0.480 e. The molecule has 1 heterocycles. The molecule has 0 aliphatic heterocycles. The van der Waals surface area contributed by atoms with Gasteiger partial charge in [-0.3, -0.25) is 4.79 Å². The number of aliphatic carboxylic acids is 1. The lowest BCUT2D eigenvalue weighted by atomic mass is 9.88. The van der Waals surface area contributed by atoms with Crippen molar-refractivity contribution in [2.75, 3.05) is 62.0 Å². The molecular weight excluding hydrogens is 622 g/mol. The van der Waals surface area contributed by atoms with Crippen LogP contribution in [-0.4, -0.2) is 84.0 Å². The first-order chi connectivity index (χ1) is 23.9. The number of nitrogens with one attached hydrogen (secondary N) is 4. The van der Waals surface area contributed by atoms with Gasteiger partial charge in [0, 0.05) is 31.1 Å². The summed E-state index contributed by atoms with van der Waals surface area (Å²) in [5, 5.41) is 22.2. The summed E-state index contributed by atoms with van der Waals surface area (Å²) in [6, 6.07) is 28.9. The van der Waals surface area contributed by atoms with E-state index < -0.39 is 12.0 Å². The van der Waals surface area contributed by atoms with E-state index in [1.807, 2.05) is 68.4 Å². The number of carbonyl (C=O) groups is 2. The Bertz CT molecular complexity index is 1510. The number of aromatic nitrogens is 3. The normalized spacial score (nSPS) is 12.2. The minimum atomic E-state index is -0.971. The van der Waals surface area contributed by atoms with E-state index in [-0.39, 0.29) is 23.7 Å². The van der Waals surface area contributed by atoms with Gasteiger partial charge in [-0.05, 0) is 35.6 Å². The number of hydrogen-bond acceptors (Lipinski definition) is 10. The molecular formula is C37H47N7O5. The minimum absolute atomic E-state index is 0.136. The summed E-state index contributed by atoms with van der Waals surface area (Å²) in [6.07, 6.45) is 1.46. The summed E-state index contributed by atoms with van der Waals surface area (Å²) in [7, 11) is 0. The van der Waals surface area contributed by atoms with Gasteiger partial charge in [0.2, 0.25) is 17.8 Å². The predicted molar refractivity (Wildman–Crippen MR) is 191 cm³/mol. The second kappa shape index (κ2) is 20.3. The van der Waals surface area contributed by atoms with Gasteiger partial charge in [0.25, 0.3) is 5.91 Å². The molecule has 12 nitrogen and oxygen atoms in total. The lowest BCUT2D eigenvalue weighted by Gasteiger charge is -2.21. The van der Waals surface area contributed by atoms with Crippen LogP contribution in [0, 0.1) is 5.92 Å². The largest absolute Gasteiger partial charge is 0.480 e. The summed E-state index contributed by atoms with van der Waals surface area (Å²) >= 11 is 0. The van der Waals surface area contributed by atoms with Crippen molar-refractivity contribution in [1.82, 2.24) is 20.3 Å². The lowest BCUT2D eigenvalue weighted by Crippen LogP contribution is -2.36. The number of hydrogen-bond donors (Lipinski definition) is 5. The Hall–Kier alpha value is -5.07. The first-order valence-corrected chi connectivity index (χ1v) is 16.8. The van der Waals surface area contributed by atoms with Crippen LogP contribution in [0.1, 0.15) is 54.1 Å². The molecule has 4 rings (SSSR count). The molecule has 0 saturated carbocycles. The number of rotatable bonds is 22. The zero-order chi connectivity index (χ0) is 34.7. The molecule has 12 heteroatoms. The molecule has 1 amide bonds. The smallest absolute Gasteiger partial charge is 0.326 e. The quantitative estimate of drug-likeness (QED) is 0.0692. The van der Waals surface area contributed by atoms with Crippen molar-refractivity contribution in [3.05, 3.63) is 108 Å². The van der Waals surface area contributed by atoms with Crippen LogP contribution in [0.15, 0.2) is 91.0 Å². The van der Waals surface area contributed by atoms with Crippen LogP contribution in [0.25, 0.3) is 0 Å². The average Bonchev–Trinajstić information content (AvgIpc) is 3.13. The van der Waals surface area contributed by atoms with E-state index in [2.05, 4.69) is 60.5 Å². The van der Waals surface area contributed by atoms with Gasteiger partial charge in [-0.25, -0.2) is 4.79 Å². The number of ether oxygens (including phenoxy) is 2. The number of carboxylic acid groups (broad SMARTS) is 1. The van der Waals surface area contributed by atoms with Crippen LogP contribution in [0.4, 0.5) is 17.8 Å². The fraction of sp³-hybridized carbons (Fsp3) is 0.378. The molecule has 0 unspecified atom stereocenters. The van der Waals surface area contributed by atoms with E-state index in [4.69, 9.17) is 9.47 Å². The van der Waals surface area contributed by atoms with Crippen molar-refractivity contribution < 1.29 is 24.2 Å². The second-order valence-corrected chi connectivity index (χ2v) is 11.5. The fourth-order valence-electron chi connectivity index (χ4n) is 5.13. The Morgan fingerprint density at radius 2 is 1.20 bits per heavy atom. The molecule has 1 aromatic heterocycles. The van der Waals surface area contributed by atoms with Crippen molar-refractivity contribution in [3.63, 3.8) is 0 Å². The van der Waals surface area contributed by atoms with Crippen molar-refractivity contribution in [2.45, 2.75) is 38.6 Å². The molecule has 2 atom stereocenters. The fourth-order valence-corrected chi connectivity index (χ4v) is 5.13. The lowest BCUT2D eigenvalue weighted by molar-refractivity contribution is -0.139. The molecule has 260 valence electrons. The summed E-state index contributed by atoms with van der Waals surface area (Å²) in [4.78, 5) is 37.6. The molecule has 0 saturated heterocycles. The van der Waals surface area contributed by atoms with Gasteiger partial charge in [-0.15, -0.1) is 0 Å². The number of benzene rings is 3. The van der Waals surface area contributed by atoms with Crippen molar-refractivity contribution in [2.24, 2.45) is 5.92 Å². The maximum atomic E-state index is 12.1. The maximum absolute atomic E-state index is 12.1. The van der Waals surface area contributed by atoms with E-state index in [9.17, 15) is 14.7 Å². The summed E-state index contributed by atoms with van der Waals surface area (Å²) < 4.78 is 11.2. The zero-order valence-corrected chi connectivity index (χ0v) is 28.2. The van der Waals surface area contributed by atoms with Crippen LogP contribution in [0.3, 0.4) is 0 Å². The van der Waals surface area contributed by atoms with E-state index in [1.54, 1.807) is 12.1 Å². The van der Waals surface area contributed by atoms with Gasteiger partial charge in [0.05, 0.1) is 26.4 Å². The van der Waals surface area contributed by atoms with E-state index in [0.29, 0.717) is 69.9 Å². The molecule has 3 aromatic carbocycles. The van der Waals surface area contributed by atoms with Gasteiger partial charge in [0.15, 0.2) is 0 Å². The van der Waals surface area contributed by atoms with Crippen LogP contribution in [0.2, 0.25) is 0 Å². The third kappa shape index (κ3) is 12.5. The molecule has 4 aromatic rings. The van der Waals surface area contributed by atoms with E-state index in [0.717, 1.165) is 6.42 Å². The Balaban J connectivity index is 1.28. The second-order valence-electron chi connectivity index (χ2n) is 11.5. The highest BCUT2D eigenvalue weighted by Gasteiger charge is 2.25. The van der Waals surface area contributed by atoms with Crippen molar-refractivity contribution in [1.29, 1.82) is 0 Å². The Labute approximate surface area is 288 Å². The van der Waals surface area contributed by atoms with Crippen LogP contribution < -0.4 is 21.3 Å². The van der Waals surface area contributed by atoms with E-state index in [1.165, 1.54) is 11.1 Å². The van der Waals surface area contributed by atoms with Gasteiger partial charge in [-0.2, -0.15) is 15.0 Å². The topological polar surface area (TPSA) is 160 Å². The highest BCUT2D eigenvalue weighted by atomic mass is 16.5. The molecule has 0 fully saturated rings. The monoisotopic (exact) mass is 669 g/mol. The zero-order valence-electron chi connectivity index (χ0n) is 28.2. The molecule has 0 spiro atoms. The number of nitrogens with zero attached hydrogens (tertiary/aromatic N) is 3.